The third-order valence-corrected chi connectivity index (χ3v) is 2.98. The Morgan fingerprint density at radius 1 is 1.53 bits per heavy atom. The molecule has 1 N–H and O–H groups in total. The molecule has 0 saturated carbocycles. The van der Waals surface area contributed by atoms with E-state index >= 15 is 0 Å². The molecule has 0 aromatic carbocycles. The van der Waals surface area contributed by atoms with Gasteiger partial charge in [0.1, 0.15) is 0 Å². The topological polar surface area (TPSA) is 18.5 Å². The largest absolute Gasteiger partial charge is 0.360 e. The van der Waals surface area contributed by atoms with Crippen molar-refractivity contribution >= 4 is 17.3 Å². The van der Waals surface area contributed by atoms with E-state index in [9.17, 15) is 0 Å². The van der Waals surface area contributed by atoms with Crippen LogP contribution in [0.5, 0.6) is 0 Å². The molecule has 0 aliphatic carbocycles. The lowest BCUT2D eigenvalue weighted by Crippen LogP contribution is -2.47. The quantitative estimate of drug-likeness (QED) is 0.735. The Kier molecular flexibility index (Phi) is 4.80. The molecule has 88 valence electrons. The van der Waals surface area contributed by atoms with Gasteiger partial charge in [0.15, 0.2) is 5.11 Å². The van der Waals surface area contributed by atoms with Crippen LogP contribution in [0.15, 0.2) is 0 Å². The van der Waals surface area contributed by atoms with Gasteiger partial charge in [-0.25, -0.2) is 0 Å². The van der Waals surface area contributed by atoms with E-state index in [1.807, 2.05) is 0 Å². The maximum atomic E-state index is 5.42. The van der Waals surface area contributed by atoms with Gasteiger partial charge in [-0.2, -0.15) is 0 Å². The maximum Gasteiger partial charge on any atom is 0.169 e. The molecule has 1 aliphatic rings. The van der Waals surface area contributed by atoms with Crippen molar-refractivity contribution in [2.45, 2.75) is 38.8 Å². The first-order chi connectivity index (χ1) is 7.00. The lowest BCUT2D eigenvalue weighted by atomic mass is 10.2. The summed E-state index contributed by atoms with van der Waals surface area (Å²) < 4.78 is 0. The van der Waals surface area contributed by atoms with Crippen LogP contribution in [0.25, 0.3) is 0 Å². The van der Waals surface area contributed by atoms with Crippen LogP contribution < -0.4 is 5.32 Å². The van der Waals surface area contributed by atoms with Crippen molar-refractivity contribution in [3.05, 3.63) is 0 Å². The molecule has 0 amide bonds. The minimum absolute atomic E-state index is 0.429. The summed E-state index contributed by atoms with van der Waals surface area (Å²) in [5.74, 6) is 0. The van der Waals surface area contributed by atoms with E-state index in [1.54, 1.807) is 0 Å². The molecule has 1 heterocycles. The smallest absolute Gasteiger partial charge is 0.169 e. The molecule has 3 nitrogen and oxygen atoms in total. The molecule has 0 spiro atoms. The van der Waals surface area contributed by atoms with Crippen molar-refractivity contribution < 1.29 is 0 Å². The first-order valence-corrected chi connectivity index (χ1v) is 6.13. The van der Waals surface area contributed by atoms with Gasteiger partial charge >= 0.3 is 0 Å². The monoisotopic (exact) mass is 229 g/mol. The van der Waals surface area contributed by atoms with Crippen molar-refractivity contribution in [1.29, 1.82) is 0 Å². The second-order valence-corrected chi connectivity index (χ2v) is 5.24. The van der Waals surface area contributed by atoms with Crippen LogP contribution in [-0.2, 0) is 0 Å². The number of rotatable bonds is 3. The third-order valence-electron chi connectivity index (χ3n) is 2.63. The highest BCUT2D eigenvalue weighted by atomic mass is 32.1. The van der Waals surface area contributed by atoms with E-state index in [0.29, 0.717) is 12.1 Å². The lowest BCUT2D eigenvalue weighted by Gasteiger charge is -2.30. The van der Waals surface area contributed by atoms with E-state index in [2.05, 4.69) is 43.1 Å². The second kappa shape index (κ2) is 5.66. The van der Waals surface area contributed by atoms with Crippen molar-refractivity contribution in [2.75, 3.05) is 27.2 Å². The van der Waals surface area contributed by atoms with Crippen LogP contribution in [-0.4, -0.2) is 54.2 Å². The van der Waals surface area contributed by atoms with Crippen LogP contribution in [0, 0.1) is 0 Å². The standard InChI is InChI=1S/C11H23N3S/c1-9(2)12-11(15)14-7-5-6-10(14)8-13(3)4/h9-10H,5-8H2,1-4H3,(H,12,15). The first-order valence-electron chi connectivity index (χ1n) is 5.72. The zero-order valence-corrected chi connectivity index (χ0v) is 11.1. The van der Waals surface area contributed by atoms with E-state index < -0.39 is 0 Å². The predicted octanol–water partition coefficient (Wildman–Crippen LogP) is 1.30. The van der Waals surface area contributed by atoms with E-state index in [0.717, 1.165) is 18.2 Å². The summed E-state index contributed by atoms with van der Waals surface area (Å²) in [6, 6.07) is 1.02. The second-order valence-electron chi connectivity index (χ2n) is 4.86. The summed E-state index contributed by atoms with van der Waals surface area (Å²) in [7, 11) is 4.24. The average Bonchev–Trinajstić information content (AvgIpc) is 2.49. The summed E-state index contributed by atoms with van der Waals surface area (Å²) in [6.45, 7) is 6.46. The fourth-order valence-electron chi connectivity index (χ4n) is 2.04. The number of likely N-dealkylation sites (N-methyl/N-ethyl adjacent to an activating group) is 1. The minimum Gasteiger partial charge on any atom is -0.360 e. The highest BCUT2D eigenvalue weighted by Crippen LogP contribution is 2.17. The lowest BCUT2D eigenvalue weighted by molar-refractivity contribution is 0.282. The van der Waals surface area contributed by atoms with Crippen molar-refractivity contribution in [3.63, 3.8) is 0 Å². The molecule has 15 heavy (non-hydrogen) atoms. The summed E-state index contributed by atoms with van der Waals surface area (Å²) in [6.07, 6.45) is 2.52. The van der Waals surface area contributed by atoms with Gasteiger partial charge in [0.25, 0.3) is 0 Å². The Morgan fingerprint density at radius 3 is 2.73 bits per heavy atom. The normalized spacial score (nSPS) is 21.5. The molecular formula is C11H23N3S. The molecule has 0 aromatic heterocycles. The number of nitrogens with zero attached hydrogens (tertiary/aromatic N) is 2. The summed E-state index contributed by atoms with van der Waals surface area (Å²) in [5, 5.41) is 4.25. The van der Waals surface area contributed by atoms with Gasteiger partial charge < -0.3 is 15.1 Å². The molecule has 0 aromatic rings. The highest BCUT2D eigenvalue weighted by Gasteiger charge is 2.26. The molecular weight excluding hydrogens is 206 g/mol. The summed E-state index contributed by atoms with van der Waals surface area (Å²) >= 11 is 5.42. The van der Waals surface area contributed by atoms with Crippen molar-refractivity contribution in [2.24, 2.45) is 0 Å². The molecule has 0 bridgehead atoms. The molecule has 1 atom stereocenters. The minimum atomic E-state index is 0.429. The molecule has 0 radical (unpaired) electrons. The number of hydrogen-bond acceptors (Lipinski definition) is 2. The van der Waals surface area contributed by atoms with E-state index in [4.69, 9.17) is 12.2 Å². The van der Waals surface area contributed by atoms with Crippen LogP contribution >= 0.6 is 12.2 Å². The SMILES string of the molecule is CC(C)NC(=S)N1CCCC1CN(C)C. The van der Waals surface area contributed by atoms with Gasteiger partial charge in [0.05, 0.1) is 0 Å². The third kappa shape index (κ3) is 3.95. The number of likely N-dealkylation sites (tertiary alicyclic amines) is 1. The molecule has 1 fully saturated rings. The van der Waals surface area contributed by atoms with Crippen LogP contribution in [0.4, 0.5) is 0 Å². The van der Waals surface area contributed by atoms with Gasteiger partial charge in [-0.3, -0.25) is 0 Å². The maximum absolute atomic E-state index is 5.42. The predicted molar refractivity (Wildman–Crippen MR) is 69.2 cm³/mol. The van der Waals surface area contributed by atoms with Crippen LogP contribution in [0.3, 0.4) is 0 Å². The fraction of sp³-hybridized carbons (Fsp3) is 0.909. The van der Waals surface area contributed by atoms with Gasteiger partial charge in [-0.1, -0.05) is 0 Å². The highest BCUT2D eigenvalue weighted by molar-refractivity contribution is 7.80. The number of hydrogen-bond donors (Lipinski definition) is 1. The summed E-state index contributed by atoms with van der Waals surface area (Å²) in [4.78, 5) is 4.58. The molecule has 1 aliphatic heterocycles. The van der Waals surface area contributed by atoms with Crippen molar-refractivity contribution in [1.82, 2.24) is 15.1 Å². The molecule has 4 heteroatoms. The van der Waals surface area contributed by atoms with Crippen LogP contribution in [0.2, 0.25) is 0 Å². The Hall–Kier alpha value is -0.350. The molecule has 1 rings (SSSR count). The molecule has 1 unspecified atom stereocenters. The van der Waals surface area contributed by atoms with Gasteiger partial charge in [-0.15, -0.1) is 0 Å². The Balaban J connectivity index is 2.48. The van der Waals surface area contributed by atoms with Gasteiger partial charge in [0.2, 0.25) is 0 Å². The Bertz CT molecular complexity index is 216. The zero-order chi connectivity index (χ0) is 11.4. The van der Waals surface area contributed by atoms with Gasteiger partial charge in [0, 0.05) is 25.2 Å². The van der Waals surface area contributed by atoms with Gasteiger partial charge in [-0.05, 0) is 53.0 Å². The molecule has 1 saturated heterocycles. The Morgan fingerprint density at radius 2 is 2.20 bits per heavy atom. The summed E-state index contributed by atoms with van der Waals surface area (Å²) in [5.41, 5.74) is 0. The zero-order valence-electron chi connectivity index (χ0n) is 10.3. The number of thiocarbonyl (C=S) groups is 1. The van der Waals surface area contributed by atoms with Crippen molar-refractivity contribution in [3.8, 4) is 0 Å². The average molecular weight is 229 g/mol. The van der Waals surface area contributed by atoms with Crippen LogP contribution in [0.1, 0.15) is 26.7 Å². The van der Waals surface area contributed by atoms with E-state index in [-0.39, 0.29) is 0 Å². The Labute approximate surface area is 98.8 Å². The number of nitrogens with one attached hydrogen (secondary N) is 1. The first kappa shape index (κ1) is 12.7. The van der Waals surface area contributed by atoms with E-state index in [1.165, 1.54) is 12.8 Å². The fourth-order valence-corrected chi connectivity index (χ4v) is 2.52.